The molecule has 0 saturated heterocycles. The first-order chi connectivity index (χ1) is 16.8. The second-order valence-corrected chi connectivity index (χ2v) is 9.96. The Morgan fingerprint density at radius 2 is 1.63 bits per heavy atom. The van der Waals surface area contributed by atoms with Gasteiger partial charge in [-0.3, -0.25) is 9.59 Å². The molecule has 3 N–H and O–H groups in total. The average molecular weight is 479 g/mol. The van der Waals surface area contributed by atoms with Gasteiger partial charge in [-0.25, -0.2) is 4.79 Å². The van der Waals surface area contributed by atoms with E-state index in [9.17, 15) is 19.5 Å². The molecule has 2 amide bonds. The smallest absolute Gasteiger partial charge is 0.407 e. The van der Waals surface area contributed by atoms with Gasteiger partial charge in [0, 0.05) is 24.4 Å². The third kappa shape index (κ3) is 5.66. The molecular formula is C28H34N2O5. The molecule has 1 fully saturated rings. The van der Waals surface area contributed by atoms with Gasteiger partial charge in [-0.05, 0) is 47.4 Å². The van der Waals surface area contributed by atoms with E-state index in [1.54, 1.807) is 0 Å². The Hall–Kier alpha value is -3.35. The number of carbonyl (C=O) groups is 3. The first-order valence-electron chi connectivity index (χ1n) is 12.5. The number of alkyl carbamates (subject to hydrolysis) is 1. The van der Waals surface area contributed by atoms with Crippen molar-refractivity contribution in [2.24, 2.45) is 17.8 Å². The minimum atomic E-state index is -0.904. The predicted octanol–water partition coefficient (Wildman–Crippen LogP) is 4.56. The number of amides is 2. The van der Waals surface area contributed by atoms with E-state index in [1.807, 2.05) is 38.1 Å². The zero-order valence-corrected chi connectivity index (χ0v) is 20.3. The maximum atomic E-state index is 12.7. The lowest BCUT2D eigenvalue weighted by Crippen LogP contribution is -2.44. The maximum Gasteiger partial charge on any atom is 0.407 e. The third-order valence-corrected chi connectivity index (χ3v) is 7.33. The maximum absolute atomic E-state index is 12.7. The van der Waals surface area contributed by atoms with Gasteiger partial charge in [0.1, 0.15) is 6.61 Å². The van der Waals surface area contributed by atoms with Gasteiger partial charge < -0.3 is 20.5 Å². The molecule has 2 aliphatic rings. The van der Waals surface area contributed by atoms with Gasteiger partial charge in [-0.2, -0.15) is 0 Å². The number of ether oxygens (including phenoxy) is 1. The molecule has 0 bridgehead atoms. The van der Waals surface area contributed by atoms with Crippen molar-refractivity contribution in [3.05, 3.63) is 59.7 Å². The van der Waals surface area contributed by atoms with E-state index >= 15 is 0 Å². The first-order valence-corrected chi connectivity index (χ1v) is 12.5. The molecule has 1 saturated carbocycles. The highest BCUT2D eigenvalue weighted by molar-refractivity contribution is 5.80. The molecule has 0 aromatic heterocycles. The standard InChI is InChI=1S/C28H34N2O5/c1-17(2)24(27(32)33)15-29-26(31)18-8-7-9-19(14-18)30-28(34)35-16-25-22-12-5-3-10-20(22)21-11-4-6-13-23(21)25/h3-6,10-13,17-19,24-25H,7-9,14-16H2,1-2H3,(H,29,31)(H,30,34)(H,32,33)/t18-,19+,24?/m0/s1. The molecule has 35 heavy (non-hydrogen) atoms. The second kappa shape index (κ2) is 10.9. The summed E-state index contributed by atoms with van der Waals surface area (Å²) in [6, 6.07) is 16.3. The van der Waals surface area contributed by atoms with Crippen molar-refractivity contribution in [2.45, 2.75) is 51.5 Å². The van der Waals surface area contributed by atoms with Crippen LogP contribution < -0.4 is 10.6 Å². The summed E-state index contributed by atoms with van der Waals surface area (Å²) in [6.45, 7) is 4.04. The number of aliphatic carboxylic acids is 1. The molecule has 0 spiro atoms. The summed E-state index contributed by atoms with van der Waals surface area (Å²) < 4.78 is 5.65. The third-order valence-electron chi connectivity index (χ3n) is 7.33. The van der Waals surface area contributed by atoms with Crippen molar-refractivity contribution < 1.29 is 24.2 Å². The summed E-state index contributed by atoms with van der Waals surface area (Å²) >= 11 is 0. The normalized spacial score (nSPS) is 20.0. The van der Waals surface area contributed by atoms with Crippen molar-refractivity contribution in [3.63, 3.8) is 0 Å². The lowest BCUT2D eigenvalue weighted by molar-refractivity contribution is -0.143. The van der Waals surface area contributed by atoms with Gasteiger partial charge >= 0.3 is 12.1 Å². The van der Waals surface area contributed by atoms with E-state index in [0.29, 0.717) is 6.42 Å². The van der Waals surface area contributed by atoms with Crippen LogP contribution in [0.4, 0.5) is 4.79 Å². The van der Waals surface area contributed by atoms with Crippen LogP contribution in [0, 0.1) is 17.8 Å². The van der Waals surface area contributed by atoms with Crippen molar-refractivity contribution in [1.29, 1.82) is 0 Å². The van der Waals surface area contributed by atoms with Crippen LogP contribution in [-0.2, 0) is 14.3 Å². The van der Waals surface area contributed by atoms with Gasteiger partial charge in [-0.1, -0.05) is 68.8 Å². The number of carboxylic acids is 1. The van der Waals surface area contributed by atoms with Crippen LogP contribution in [0.5, 0.6) is 0 Å². The monoisotopic (exact) mass is 478 g/mol. The molecule has 7 heteroatoms. The van der Waals surface area contributed by atoms with Crippen LogP contribution in [0.2, 0.25) is 0 Å². The minimum Gasteiger partial charge on any atom is -0.481 e. The molecule has 0 radical (unpaired) electrons. The Morgan fingerprint density at radius 3 is 2.23 bits per heavy atom. The van der Waals surface area contributed by atoms with Gasteiger partial charge in [0.15, 0.2) is 0 Å². The SMILES string of the molecule is CC(C)C(CNC(=O)[C@H]1CCC[C@@H](NC(=O)OCC2c3ccccc3-c3ccccc32)C1)C(=O)O. The fraction of sp³-hybridized carbons (Fsp3) is 0.464. The molecule has 2 aromatic rings. The van der Waals surface area contributed by atoms with Gasteiger partial charge in [-0.15, -0.1) is 0 Å². The number of fused-ring (bicyclic) bond motifs is 3. The summed E-state index contributed by atoms with van der Waals surface area (Å²) in [5.74, 6) is -1.97. The summed E-state index contributed by atoms with van der Waals surface area (Å²) in [5.41, 5.74) is 4.69. The van der Waals surface area contributed by atoms with Crippen molar-refractivity contribution in [1.82, 2.24) is 10.6 Å². The average Bonchev–Trinajstić information content (AvgIpc) is 3.16. The summed E-state index contributed by atoms with van der Waals surface area (Å²) in [4.78, 5) is 36.7. The molecule has 1 unspecified atom stereocenters. The molecule has 0 aliphatic heterocycles. The van der Waals surface area contributed by atoms with Crippen LogP contribution >= 0.6 is 0 Å². The molecule has 4 rings (SSSR count). The molecule has 7 nitrogen and oxygen atoms in total. The number of hydrogen-bond donors (Lipinski definition) is 3. The number of rotatable bonds is 8. The molecule has 186 valence electrons. The predicted molar refractivity (Wildman–Crippen MR) is 133 cm³/mol. The Labute approximate surface area is 206 Å². The van der Waals surface area contributed by atoms with E-state index in [-0.39, 0.29) is 42.9 Å². The fourth-order valence-electron chi connectivity index (χ4n) is 5.33. The summed E-state index contributed by atoms with van der Waals surface area (Å²) in [5, 5.41) is 15.1. The van der Waals surface area contributed by atoms with Crippen LogP contribution in [0.3, 0.4) is 0 Å². The lowest BCUT2D eigenvalue weighted by atomic mass is 9.85. The Kier molecular flexibility index (Phi) is 7.73. The van der Waals surface area contributed by atoms with Crippen LogP contribution in [0.25, 0.3) is 11.1 Å². The molecule has 2 aliphatic carbocycles. The molecule has 3 atom stereocenters. The van der Waals surface area contributed by atoms with E-state index in [2.05, 4.69) is 34.9 Å². The lowest BCUT2D eigenvalue weighted by Gasteiger charge is -2.29. The van der Waals surface area contributed by atoms with E-state index in [1.165, 1.54) is 11.1 Å². The van der Waals surface area contributed by atoms with Crippen LogP contribution in [0.1, 0.15) is 56.6 Å². The number of benzene rings is 2. The van der Waals surface area contributed by atoms with Crippen molar-refractivity contribution in [3.8, 4) is 11.1 Å². The van der Waals surface area contributed by atoms with Gasteiger partial charge in [0.2, 0.25) is 5.91 Å². The highest BCUT2D eigenvalue weighted by atomic mass is 16.5. The number of nitrogens with one attached hydrogen (secondary N) is 2. The zero-order chi connectivity index (χ0) is 24.9. The largest absolute Gasteiger partial charge is 0.481 e. The quantitative estimate of drug-likeness (QED) is 0.516. The first kappa shape index (κ1) is 24.8. The van der Waals surface area contributed by atoms with Gasteiger partial charge in [0.25, 0.3) is 0 Å². The summed E-state index contributed by atoms with van der Waals surface area (Å²) in [7, 11) is 0. The van der Waals surface area contributed by atoms with Crippen LogP contribution in [0.15, 0.2) is 48.5 Å². The molecular weight excluding hydrogens is 444 g/mol. The number of carboxylic acid groups (broad SMARTS) is 1. The number of carbonyl (C=O) groups excluding carboxylic acids is 2. The number of hydrogen-bond acceptors (Lipinski definition) is 4. The van der Waals surface area contributed by atoms with Crippen molar-refractivity contribution in [2.75, 3.05) is 13.2 Å². The van der Waals surface area contributed by atoms with E-state index in [4.69, 9.17) is 4.74 Å². The topological polar surface area (TPSA) is 105 Å². The molecule has 0 heterocycles. The Balaban J connectivity index is 1.29. The van der Waals surface area contributed by atoms with E-state index in [0.717, 1.165) is 30.4 Å². The fourth-order valence-corrected chi connectivity index (χ4v) is 5.33. The second-order valence-electron chi connectivity index (χ2n) is 9.96. The summed E-state index contributed by atoms with van der Waals surface area (Å²) in [6.07, 6.45) is 2.39. The highest BCUT2D eigenvalue weighted by Crippen LogP contribution is 2.44. The van der Waals surface area contributed by atoms with E-state index < -0.39 is 18.0 Å². The van der Waals surface area contributed by atoms with Crippen LogP contribution in [-0.4, -0.2) is 42.3 Å². The Bertz CT molecular complexity index is 1040. The zero-order valence-electron chi connectivity index (χ0n) is 20.3. The molecule has 2 aromatic carbocycles. The Morgan fingerprint density at radius 1 is 1.00 bits per heavy atom. The van der Waals surface area contributed by atoms with Gasteiger partial charge in [0.05, 0.1) is 5.92 Å². The highest BCUT2D eigenvalue weighted by Gasteiger charge is 2.32. The minimum absolute atomic E-state index is 0.00108. The van der Waals surface area contributed by atoms with Crippen molar-refractivity contribution >= 4 is 18.0 Å².